The van der Waals surface area contributed by atoms with Gasteiger partial charge >= 0.3 is 5.97 Å². The second-order valence-corrected chi connectivity index (χ2v) is 6.21. The highest BCUT2D eigenvalue weighted by molar-refractivity contribution is 8.00. The number of carbonyl (C=O) groups is 1. The van der Waals surface area contributed by atoms with Crippen LogP contribution in [0.15, 0.2) is 14.8 Å². The number of anilines is 1. The van der Waals surface area contributed by atoms with Crippen LogP contribution in [0.25, 0.3) is 0 Å². The number of furan rings is 1. The number of hydrogen-bond acceptors (Lipinski definition) is 7. The van der Waals surface area contributed by atoms with Crippen LogP contribution in [0.3, 0.4) is 0 Å². The fourth-order valence-electron chi connectivity index (χ4n) is 1.35. The average Bonchev–Trinajstić information content (AvgIpc) is 2.93. The summed E-state index contributed by atoms with van der Waals surface area (Å²) in [6, 6.07) is 1.55. The lowest BCUT2D eigenvalue weighted by Gasteiger charge is -2.03. The third kappa shape index (κ3) is 3.27. The van der Waals surface area contributed by atoms with Crippen molar-refractivity contribution < 1.29 is 14.3 Å². The van der Waals surface area contributed by atoms with Gasteiger partial charge in [0.2, 0.25) is 10.9 Å². The molecule has 2 aromatic heterocycles. The number of hydrogen-bond donors (Lipinski definition) is 1. The number of aryl methyl sites for hydroxylation is 1. The van der Waals surface area contributed by atoms with E-state index in [1.165, 1.54) is 23.1 Å². The Morgan fingerprint density at radius 3 is 2.79 bits per heavy atom. The molecule has 0 atom stereocenters. The van der Waals surface area contributed by atoms with Crippen molar-refractivity contribution in [3.8, 4) is 0 Å². The second-order valence-electron chi connectivity index (χ2n) is 4.03. The molecule has 6 nitrogen and oxygen atoms in total. The monoisotopic (exact) mass is 299 g/mol. The Labute approximate surface area is 118 Å². The van der Waals surface area contributed by atoms with Gasteiger partial charge in [0, 0.05) is 25.4 Å². The molecule has 0 aliphatic heterocycles. The molecule has 0 fully saturated rings. The van der Waals surface area contributed by atoms with Gasteiger partial charge in [0.05, 0.1) is 0 Å². The van der Waals surface area contributed by atoms with Gasteiger partial charge < -0.3 is 14.4 Å². The van der Waals surface area contributed by atoms with Crippen molar-refractivity contribution >= 4 is 34.2 Å². The van der Waals surface area contributed by atoms with Gasteiger partial charge in [-0.15, -0.1) is 10.2 Å². The van der Waals surface area contributed by atoms with Crippen LogP contribution in [0.5, 0.6) is 0 Å². The molecule has 0 aliphatic rings. The van der Waals surface area contributed by atoms with Crippen LogP contribution in [0, 0.1) is 6.92 Å². The molecule has 8 heteroatoms. The van der Waals surface area contributed by atoms with Gasteiger partial charge in [-0.3, -0.25) is 0 Å². The van der Waals surface area contributed by atoms with E-state index in [0.29, 0.717) is 11.5 Å². The van der Waals surface area contributed by atoms with E-state index < -0.39 is 5.97 Å². The molecular formula is C11H13N3O3S2. The molecule has 2 aromatic rings. The summed E-state index contributed by atoms with van der Waals surface area (Å²) < 4.78 is 6.00. The first-order chi connectivity index (χ1) is 8.97. The van der Waals surface area contributed by atoms with E-state index in [9.17, 15) is 4.79 Å². The van der Waals surface area contributed by atoms with E-state index in [2.05, 4.69) is 10.2 Å². The van der Waals surface area contributed by atoms with Crippen molar-refractivity contribution in [1.29, 1.82) is 0 Å². The molecule has 0 amide bonds. The molecule has 0 bridgehead atoms. The smallest absolute Gasteiger partial charge is 0.371 e. The number of rotatable bonds is 5. The fourth-order valence-corrected chi connectivity index (χ4v) is 3.15. The van der Waals surface area contributed by atoms with Crippen molar-refractivity contribution in [1.82, 2.24) is 10.2 Å². The highest BCUT2D eigenvalue weighted by atomic mass is 32.2. The van der Waals surface area contributed by atoms with Crippen molar-refractivity contribution in [3.05, 3.63) is 23.2 Å². The normalized spacial score (nSPS) is 10.7. The zero-order valence-corrected chi connectivity index (χ0v) is 12.3. The highest BCUT2D eigenvalue weighted by Crippen LogP contribution is 2.30. The molecule has 2 rings (SSSR count). The second kappa shape index (κ2) is 5.62. The van der Waals surface area contributed by atoms with Crippen LogP contribution in [-0.2, 0) is 5.75 Å². The van der Waals surface area contributed by atoms with E-state index in [1.54, 1.807) is 13.0 Å². The van der Waals surface area contributed by atoms with Gasteiger partial charge in [-0.1, -0.05) is 23.1 Å². The van der Waals surface area contributed by atoms with Crippen molar-refractivity contribution in [3.63, 3.8) is 0 Å². The maximum atomic E-state index is 10.8. The maximum absolute atomic E-state index is 10.8. The summed E-state index contributed by atoms with van der Waals surface area (Å²) in [5, 5.41) is 17.8. The topological polar surface area (TPSA) is 79.5 Å². The number of carboxylic acid groups (broad SMARTS) is 1. The highest BCUT2D eigenvalue weighted by Gasteiger charge is 2.14. The van der Waals surface area contributed by atoms with E-state index >= 15 is 0 Å². The van der Waals surface area contributed by atoms with Crippen LogP contribution in [0.2, 0.25) is 0 Å². The first kappa shape index (κ1) is 13.9. The average molecular weight is 299 g/mol. The predicted octanol–water partition coefficient (Wildman–Crippen LogP) is 2.50. The van der Waals surface area contributed by atoms with Gasteiger partial charge in [0.15, 0.2) is 4.34 Å². The SMILES string of the molecule is Cc1oc(C(=O)O)cc1CSc1nnc(N(C)C)s1. The Kier molecular flexibility index (Phi) is 4.11. The minimum atomic E-state index is -1.05. The summed E-state index contributed by atoms with van der Waals surface area (Å²) in [5.41, 5.74) is 0.865. The van der Waals surface area contributed by atoms with Gasteiger partial charge in [-0.05, 0) is 13.0 Å². The van der Waals surface area contributed by atoms with Gasteiger partial charge in [0.1, 0.15) is 5.76 Å². The number of aromatic nitrogens is 2. The first-order valence-electron chi connectivity index (χ1n) is 5.43. The molecule has 0 unspecified atom stereocenters. The Bertz CT molecular complexity index is 592. The molecule has 0 radical (unpaired) electrons. The van der Waals surface area contributed by atoms with Crippen molar-refractivity contribution in [2.45, 2.75) is 17.0 Å². The maximum Gasteiger partial charge on any atom is 0.371 e. The lowest BCUT2D eigenvalue weighted by Crippen LogP contribution is -2.07. The van der Waals surface area contributed by atoms with E-state index in [-0.39, 0.29) is 5.76 Å². The zero-order valence-electron chi connectivity index (χ0n) is 10.7. The summed E-state index contributed by atoms with van der Waals surface area (Å²) in [4.78, 5) is 12.7. The molecule has 0 spiro atoms. The number of aromatic carboxylic acids is 1. The van der Waals surface area contributed by atoms with Gasteiger partial charge in [0.25, 0.3) is 0 Å². The number of carboxylic acids is 1. The van der Waals surface area contributed by atoms with Gasteiger partial charge in [-0.2, -0.15) is 0 Å². The van der Waals surface area contributed by atoms with E-state index in [1.807, 2.05) is 19.0 Å². The van der Waals surface area contributed by atoms with E-state index in [4.69, 9.17) is 9.52 Å². The molecule has 2 heterocycles. The molecule has 0 saturated carbocycles. The minimum absolute atomic E-state index is 0.0284. The fraction of sp³-hybridized carbons (Fsp3) is 0.364. The Hall–Kier alpha value is -1.54. The molecule has 1 N–H and O–H groups in total. The van der Waals surface area contributed by atoms with Crippen LogP contribution in [0.4, 0.5) is 5.13 Å². The summed E-state index contributed by atoms with van der Waals surface area (Å²) >= 11 is 3.02. The summed E-state index contributed by atoms with van der Waals surface area (Å²) in [5.74, 6) is 0.164. The number of nitrogens with zero attached hydrogens (tertiary/aromatic N) is 3. The standard InChI is InChI=1S/C11H13N3O3S2/c1-6-7(4-8(17-6)9(15)16)5-18-11-13-12-10(19-11)14(2)3/h4H,5H2,1-3H3,(H,15,16). The molecular weight excluding hydrogens is 286 g/mol. The lowest BCUT2D eigenvalue weighted by atomic mass is 10.3. The number of thioether (sulfide) groups is 1. The third-order valence-electron chi connectivity index (χ3n) is 2.36. The van der Waals surface area contributed by atoms with Crippen LogP contribution >= 0.6 is 23.1 Å². The predicted molar refractivity (Wildman–Crippen MR) is 74.2 cm³/mol. The third-order valence-corrected chi connectivity index (χ3v) is 4.63. The molecule has 19 heavy (non-hydrogen) atoms. The molecule has 0 saturated heterocycles. The lowest BCUT2D eigenvalue weighted by molar-refractivity contribution is 0.0661. The Morgan fingerprint density at radius 1 is 1.53 bits per heavy atom. The largest absolute Gasteiger partial charge is 0.475 e. The first-order valence-corrected chi connectivity index (χ1v) is 7.24. The van der Waals surface area contributed by atoms with Crippen LogP contribution < -0.4 is 4.90 Å². The van der Waals surface area contributed by atoms with Crippen molar-refractivity contribution in [2.24, 2.45) is 0 Å². The summed E-state index contributed by atoms with van der Waals surface area (Å²) in [6.45, 7) is 1.76. The summed E-state index contributed by atoms with van der Waals surface area (Å²) in [7, 11) is 3.82. The van der Waals surface area contributed by atoms with Crippen LogP contribution in [-0.4, -0.2) is 35.4 Å². The zero-order chi connectivity index (χ0) is 14.0. The summed E-state index contributed by atoms with van der Waals surface area (Å²) in [6.07, 6.45) is 0. The van der Waals surface area contributed by atoms with Crippen LogP contribution in [0.1, 0.15) is 21.9 Å². The van der Waals surface area contributed by atoms with E-state index in [0.717, 1.165) is 15.0 Å². The van der Waals surface area contributed by atoms with Crippen molar-refractivity contribution in [2.75, 3.05) is 19.0 Å². The Morgan fingerprint density at radius 2 is 2.26 bits per heavy atom. The molecule has 0 aromatic carbocycles. The molecule has 102 valence electrons. The molecule has 0 aliphatic carbocycles. The van der Waals surface area contributed by atoms with Gasteiger partial charge in [-0.25, -0.2) is 4.79 Å². The Balaban J connectivity index is 2.03. The quantitative estimate of drug-likeness (QED) is 0.850. The minimum Gasteiger partial charge on any atom is -0.475 e.